The predicted molar refractivity (Wildman–Crippen MR) is 121 cm³/mol. The zero-order chi connectivity index (χ0) is 21.6. The highest BCUT2D eigenvalue weighted by Crippen LogP contribution is 2.30. The van der Waals surface area contributed by atoms with Crippen LogP contribution in [0.4, 0.5) is 4.39 Å². The van der Waals surface area contributed by atoms with Crippen LogP contribution in [0.25, 0.3) is 10.9 Å². The summed E-state index contributed by atoms with van der Waals surface area (Å²) in [6, 6.07) is 18.4. The van der Waals surface area contributed by atoms with Crippen molar-refractivity contribution < 1.29 is 14.3 Å². The van der Waals surface area contributed by atoms with Crippen molar-refractivity contribution in [1.29, 1.82) is 0 Å². The van der Waals surface area contributed by atoms with Crippen molar-refractivity contribution in [3.63, 3.8) is 0 Å². The second-order valence-corrected chi connectivity index (χ2v) is 8.26. The highest BCUT2D eigenvalue weighted by molar-refractivity contribution is 5.84. The minimum absolute atomic E-state index is 0.0581. The van der Waals surface area contributed by atoms with E-state index in [0.717, 1.165) is 48.0 Å². The van der Waals surface area contributed by atoms with E-state index in [4.69, 9.17) is 5.11 Å². The average Bonchev–Trinajstić information content (AvgIpc) is 3.22. The van der Waals surface area contributed by atoms with E-state index >= 15 is 0 Å². The van der Waals surface area contributed by atoms with Crippen molar-refractivity contribution in [2.75, 3.05) is 26.2 Å². The van der Waals surface area contributed by atoms with Gasteiger partial charge in [0.25, 0.3) is 0 Å². The Labute approximate surface area is 182 Å². The third-order valence-corrected chi connectivity index (χ3v) is 6.12. The number of carbonyl (C=O) groups excluding carboxylic acids is 1. The molecule has 1 unspecified atom stereocenters. The molecule has 1 amide bonds. The van der Waals surface area contributed by atoms with Gasteiger partial charge in [0.15, 0.2) is 6.30 Å². The zero-order valence-electron chi connectivity index (χ0n) is 17.7. The monoisotopic (exact) mass is 423 g/mol. The number of aliphatic hydroxyl groups excluding tert-OH is 1. The summed E-state index contributed by atoms with van der Waals surface area (Å²) in [7, 11) is 0. The third kappa shape index (κ3) is 5.32. The number of nitrogens with one attached hydrogen (secondary N) is 1. The van der Waals surface area contributed by atoms with Crippen molar-refractivity contribution in [2.45, 2.75) is 38.0 Å². The number of hydrogen-bond donors (Lipinski definition) is 2. The van der Waals surface area contributed by atoms with E-state index in [1.807, 2.05) is 47.4 Å². The van der Waals surface area contributed by atoms with Crippen molar-refractivity contribution in [2.24, 2.45) is 0 Å². The van der Waals surface area contributed by atoms with E-state index in [2.05, 4.69) is 28.2 Å². The lowest BCUT2D eigenvalue weighted by molar-refractivity contribution is -0.120. The maximum Gasteiger partial charge on any atom is 0.224 e. The van der Waals surface area contributed by atoms with Crippen LogP contribution in [0.1, 0.15) is 30.0 Å². The summed E-state index contributed by atoms with van der Waals surface area (Å²) in [5, 5.41) is 12.7. The number of carbonyl (C=O) groups is 1. The smallest absolute Gasteiger partial charge is 0.224 e. The Balaban J connectivity index is 1.39. The highest BCUT2D eigenvalue weighted by Gasteiger charge is 2.26. The number of piperidine rings is 1. The minimum Gasteiger partial charge on any atom is -0.395 e. The van der Waals surface area contributed by atoms with E-state index in [0.29, 0.717) is 18.9 Å². The number of aliphatic hydroxyl groups is 1. The van der Waals surface area contributed by atoms with Gasteiger partial charge in [0, 0.05) is 43.8 Å². The third-order valence-electron chi connectivity index (χ3n) is 6.12. The van der Waals surface area contributed by atoms with Gasteiger partial charge in [-0.15, -0.1) is 0 Å². The Morgan fingerprint density at radius 2 is 1.87 bits per heavy atom. The van der Waals surface area contributed by atoms with Crippen LogP contribution in [0.3, 0.4) is 0 Å². The van der Waals surface area contributed by atoms with E-state index in [1.165, 1.54) is 0 Å². The van der Waals surface area contributed by atoms with Gasteiger partial charge in [0.2, 0.25) is 5.91 Å². The second kappa shape index (κ2) is 10.1. The molecule has 0 aliphatic carbocycles. The van der Waals surface area contributed by atoms with E-state index in [-0.39, 0.29) is 19.1 Å². The summed E-state index contributed by atoms with van der Waals surface area (Å²) in [5.41, 5.74) is 3.10. The normalized spacial score (nSPS) is 16.5. The van der Waals surface area contributed by atoms with Gasteiger partial charge in [-0.05, 0) is 41.5 Å². The predicted octanol–water partition coefficient (Wildman–Crippen LogP) is 3.47. The van der Waals surface area contributed by atoms with E-state index in [9.17, 15) is 9.18 Å². The fraction of sp³-hybridized carbons (Fsp3) is 0.400. The molecule has 1 fully saturated rings. The molecule has 164 valence electrons. The molecule has 31 heavy (non-hydrogen) atoms. The molecule has 1 atom stereocenters. The fourth-order valence-electron chi connectivity index (χ4n) is 4.45. The molecule has 1 aromatic heterocycles. The first-order valence-corrected chi connectivity index (χ1v) is 11.0. The zero-order valence-corrected chi connectivity index (χ0v) is 17.7. The number of likely N-dealkylation sites (tertiary alicyclic amines) is 1. The van der Waals surface area contributed by atoms with Crippen LogP contribution in [-0.4, -0.2) is 53.0 Å². The Bertz CT molecular complexity index is 996. The molecule has 2 heterocycles. The molecule has 1 saturated heterocycles. The maximum atomic E-state index is 14.8. The molecule has 6 heteroatoms. The van der Waals surface area contributed by atoms with Crippen molar-refractivity contribution >= 4 is 16.8 Å². The molecule has 1 aliphatic heterocycles. The number of alkyl halides is 1. The molecule has 2 N–H and O–H groups in total. The summed E-state index contributed by atoms with van der Waals surface area (Å²) in [6.07, 6.45) is 3.69. The van der Waals surface area contributed by atoms with Gasteiger partial charge in [0.1, 0.15) is 0 Å². The van der Waals surface area contributed by atoms with Gasteiger partial charge in [-0.1, -0.05) is 42.5 Å². The molecule has 0 radical (unpaired) electrons. The SMILES string of the molecule is O=C(Cc1ccc2ccn(C3CCN(C(F)Cc4ccccc4)CC3)c2c1)NCCO. The number of nitrogens with zero attached hydrogens (tertiary/aromatic N) is 2. The average molecular weight is 424 g/mol. The van der Waals surface area contributed by atoms with Gasteiger partial charge in [-0.2, -0.15) is 0 Å². The lowest BCUT2D eigenvalue weighted by Crippen LogP contribution is -2.40. The first kappa shape index (κ1) is 21.5. The molecule has 1 aliphatic rings. The molecule has 0 bridgehead atoms. The van der Waals surface area contributed by atoms with Gasteiger partial charge in [-0.3, -0.25) is 9.69 Å². The van der Waals surface area contributed by atoms with Crippen LogP contribution < -0.4 is 5.32 Å². The number of rotatable bonds is 8. The summed E-state index contributed by atoms with van der Waals surface area (Å²) in [6.45, 7) is 1.69. The topological polar surface area (TPSA) is 57.5 Å². The summed E-state index contributed by atoms with van der Waals surface area (Å²) < 4.78 is 17.1. The number of aromatic nitrogens is 1. The first-order chi connectivity index (χ1) is 15.1. The van der Waals surface area contributed by atoms with Gasteiger partial charge in [-0.25, -0.2) is 4.39 Å². The van der Waals surface area contributed by atoms with Crippen LogP contribution >= 0.6 is 0 Å². The summed E-state index contributed by atoms with van der Waals surface area (Å²) in [5.74, 6) is -0.0905. The first-order valence-electron chi connectivity index (χ1n) is 11.0. The lowest BCUT2D eigenvalue weighted by atomic mass is 10.0. The highest BCUT2D eigenvalue weighted by atomic mass is 19.1. The van der Waals surface area contributed by atoms with Crippen LogP contribution in [0.15, 0.2) is 60.8 Å². The van der Waals surface area contributed by atoms with Crippen molar-refractivity contribution in [1.82, 2.24) is 14.8 Å². The molecular formula is C25H30FN3O2. The van der Waals surface area contributed by atoms with E-state index in [1.54, 1.807) is 0 Å². The van der Waals surface area contributed by atoms with Crippen LogP contribution in [0.5, 0.6) is 0 Å². The summed E-state index contributed by atoms with van der Waals surface area (Å²) >= 11 is 0. The quantitative estimate of drug-likeness (QED) is 0.546. The van der Waals surface area contributed by atoms with Crippen molar-refractivity contribution in [3.8, 4) is 0 Å². The van der Waals surface area contributed by atoms with Gasteiger partial charge in [0.05, 0.1) is 13.0 Å². The number of hydrogen-bond acceptors (Lipinski definition) is 3. The maximum absolute atomic E-state index is 14.8. The summed E-state index contributed by atoms with van der Waals surface area (Å²) in [4.78, 5) is 13.9. The molecular weight excluding hydrogens is 393 g/mol. The number of fused-ring (bicyclic) bond motifs is 1. The second-order valence-electron chi connectivity index (χ2n) is 8.26. The fourth-order valence-corrected chi connectivity index (χ4v) is 4.45. The molecule has 5 nitrogen and oxygen atoms in total. The minimum atomic E-state index is -0.950. The van der Waals surface area contributed by atoms with Gasteiger partial charge >= 0.3 is 0 Å². The molecule has 2 aromatic carbocycles. The Kier molecular flexibility index (Phi) is 6.99. The Hall–Kier alpha value is -2.70. The van der Waals surface area contributed by atoms with E-state index < -0.39 is 6.30 Å². The van der Waals surface area contributed by atoms with Crippen molar-refractivity contribution in [3.05, 3.63) is 71.9 Å². The molecule has 0 saturated carbocycles. The Morgan fingerprint density at radius 3 is 2.61 bits per heavy atom. The number of amides is 1. The molecule has 3 aromatic rings. The number of benzene rings is 2. The van der Waals surface area contributed by atoms with Gasteiger partial charge < -0.3 is 15.0 Å². The standard InChI is InChI=1S/C25H30FN3O2/c26-24(17-19-4-2-1-3-5-19)28-12-9-22(10-13-28)29-14-8-21-7-6-20(16-23(21)29)18-25(31)27-11-15-30/h1-8,14,16,22,24,30H,9-13,15,17-18H2,(H,27,31). The molecule has 0 spiro atoms. The van der Waals surface area contributed by atoms with Crippen LogP contribution in [0.2, 0.25) is 0 Å². The van der Waals surface area contributed by atoms with Crippen LogP contribution in [0, 0.1) is 0 Å². The van der Waals surface area contributed by atoms with Crippen LogP contribution in [-0.2, 0) is 17.6 Å². The Morgan fingerprint density at radius 1 is 1.10 bits per heavy atom. The molecule has 4 rings (SSSR count). The number of halogens is 1. The lowest BCUT2D eigenvalue weighted by Gasteiger charge is -2.35. The largest absolute Gasteiger partial charge is 0.395 e.